The summed E-state index contributed by atoms with van der Waals surface area (Å²) in [4.78, 5) is 2.33. The van der Waals surface area contributed by atoms with E-state index >= 15 is 0 Å². The zero-order valence-corrected chi connectivity index (χ0v) is 15.1. The zero-order valence-electron chi connectivity index (χ0n) is 14.3. The number of piperazine rings is 1. The normalized spacial score (nSPS) is 19.5. The molecule has 0 N–H and O–H groups in total. The van der Waals surface area contributed by atoms with Crippen molar-refractivity contribution in [3.63, 3.8) is 0 Å². The average molecular weight is 349 g/mol. The van der Waals surface area contributed by atoms with Crippen LogP contribution in [-0.2, 0) is 23.6 Å². The van der Waals surface area contributed by atoms with Crippen LogP contribution < -0.4 is 0 Å². The van der Waals surface area contributed by atoms with Gasteiger partial charge < -0.3 is 0 Å². The summed E-state index contributed by atoms with van der Waals surface area (Å²) in [6.45, 7) is 6.57. The van der Waals surface area contributed by atoms with E-state index in [4.69, 9.17) is 0 Å². The van der Waals surface area contributed by atoms with E-state index in [2.05, 4.69) is 41.2 Å². The molecule has 0 amide bonds. The summed E-state index contributed by atoms with van der Waals surface area (Å²) in [5.74, 6) is 0. The Balaban J connectivity index is 1.77. The highest BCUT2D eigenvalue weighted by atomic mass is 32.2. The lowest BCUT2D eigenvalue weighted by molar-refractivity contribution is 0.0471. The van der Waals surface area contributed by atoms with Gasteiger partial charge in [-0.15, -0.1) is 5.10 Å². The van der Waals surface area contributed by atoms with Gasteiger partial charge in [-0.05, 0) is 19.4 Å². The van der Waals surface area contributed by atoms with Gasteiger partial charge in [0.15, 0.2) is 5.03 Å². The van der Waals surface area contributed by atoms with Gasteiger partial charge in [0.25, 0.3) is 10.0 Å². The lowest BCUT2D eigenvalue weighted by Crippen LogP contribution is -2.59. The number of aromatic nitrogens is 3. The van der Waals surface area contributed by atoms with Crippen molar-refractivity contribution in [3.8, 4) is 0 Å². The molecule has 0 unspecified atom stereocenters. The predicted molar refractivity (Wildman–Crippen MR) is 90.7 cm³/mol. The second kappa shape index (κ2) is 6.27. The summed E-state index contributed by atoms with van der Waals surface area (Å²) in [5, 5.41) is 7.56. The number of sulfonamides is 1. The quantitative estimate of drug-likeness (QED) is 0.827. The smallest absolute Gasteiger partial charge is 0.261 e. The van der Waals surface area contributed by atoms with Crippen LogP contribution in [0.15, 0.2) is 41.6 Å². The van der Waals surface area contributed by atoms with Gasteiger partial charge in [-0.1, -0.05) is 35.5 Å². The third kappa shape index (κ3) is 3.22. The van der Waals surface area contributed by atoms with Crippen LogP contribution in [-0.4, -0.2) is 57.8 Å². The molecule has 2 heterocycles. The fraction of sp³-hybridized carbons (Fsp3) is 0.500. The first-order valence-corrected chi connectivity index (χ1v) is 9.38. The van der Waals surface area contributed by atoms with E-state index < -0.39 is 10.0 Å². The summed E-state index contributed by atoms with van der Waals surface area (Å²) in [6.07, 6.45) is 1.30. The highest BCUT2D eigenvalue weighted by molar-refractivity contribution is 7.89. The van der Waals surface area contributed by atoms with Crippen LogP contribution in [0.3, 0.4) is 0 Å². The first-order chi connectivity index (χ1) is 11.3. The number of hydrogen-bond donors (Lipinski definition) is 0. The SMILES string of the molecule is Cn1nncc1S(=O)(=O)N1CCN(Cc2ccccc2)C(C)(C)C1. The largest absolute Gasteiger partial charge is 0.291 e. The molecule has 0 atom stereocenters. The molecule has 1 aliphatic heterocycles. The summed E-state index contributed by atoms with van der Waals surface area (Å²) in [6, 6.07) is 10.2. The Labute approximate surface area is 142 Å². The molecule has 8 heteroatoms. The van der Waals surface area contributed by atoms with Gasteiger partial charge >= 0.3 is 0 Å². The first kappa shape index (κ1) is 17.1. The van der Waals surface area contributed by atoms with Gasteiger partial charge in [0.05, 0.1) is 6.20 Å². The molecule has 130 valence electrons. The van der Waals surface area contributed by atoms with Crippen molar-refractivity contribution >= 4 is 10.0 Å². The summed E-state index contributed by atoms with van der Waals surface area (Å²) in [5.41, 5.74) is 0.977. The summed E-state index contributed by atoms with van der Waals surface area (Å²) < 4.78 is 28.5. The molecule has 1 aromatic carbocycles. The monoisotopic (exact) mass is 349 g/mol. The van der Waals surface area contributed by atoms with Gasteiger partial charge in [-0.2, -0.15) is 4.31 Å². The number of benzene rings is 1. The lowest BCUT2D eigenvalue weighted by atomic mass is 9.99. The Morgan fingerprint density at radius 2 is 1.88 bits per heavy atom. The van der Waals surface area contributed by atoms with E-state index in [1.165, 1.54) is 20.7 Å². The number of nitrogens with zero attached hydrogens (tertiary/aromatic N) is 5. The van der Waals surface area contributed by atoms with E-state index in [-0.39, 0.29) is 10.6 Å². The fourth-order valence-electron chi connectivity index (χ4n) is 3.09. The number of rotatable bonds is 4. The molecule has 0 radical (unpaired) electrons. The van der Waals surface area contributed by atoms with E-state index in [9.17, 15) is 8.42 Å². The standard InChI is InChI=1S/C16H23N5O2S/c1-16(2)13-21(24(22,23)15-11-17-18-19(15)3)10-9-20(16)12-14-7-5-4-6-8-14/h4-8,11H,9-10,12-13H2,1-3H3. The molecule has 2 aromatic rings. The van der Waals surface area contributed by atoms with Gasteiger partial charge in [0.2, 0.25) is 0 Å². The van der Waals surface area contributed by atoms with Crippen molar-refractivity contribution < 1.29 is 8.42 Å². The minimum atomic E-state index is -3.57. The van der Waals surface area contributed by atoms with Gasteiger partial charge in [-0.3, -0.25) is 4.90 Å². The maximum absolute atomic E-state index is 12.8. The van der Waals surface area contributed by atoms with E-state index in [0.29, 0.717) is 19.6 Å². The second-order valence-electron chi connectivity index (χ2n) is 6.75. The molecule has 1 saturated heterocycles. The third-order valence-corrected chi connectivity index (χ3v) is 6.42. The maximum Gasteiger partial charge on any atom is 0.261 e. The predicted octanol–water partition coefficient (Wildman–Crippen LogP) is 1.10. The topological polar surface area (TPSA) is 71.3 Å². The van der Waals surface area contributed by atoms with Crippen molar-refractivity contribution in [2.75, 3.05) is 19.6 Å². The molecule has 7 nitrogen and oxygen atoms in total. The molecule has 0 spiro atoms. The molecule has 1 aromatic heterocycles. The molecule has 24 heavy (non-hydrogen) atoms. The Morgan fingerprint density at radius 3 is 2.46 bits per heavy atom. The summed E-state index contributed by atoms with van der Waals surface area (Å²) >= 11 is 0. The Morgan fingerprint density at radius 1 is 1.17 bits per heavy atom. The maximum atomic E-state index is 12.8. The molecule has 0 saturated carbocycles. The van der Waals surface area contributed by atoms with Crippen LogP contribution in [0.2, 0.25) is 0 Å². The van der Waals surface area contributed by atoms with Crippen LogP contribution in [0.4, 0.5) is 0 Å². The molecule has 3 rings (SSSR count). The van der Waals surface area contributed by atoms with Gasteiger partial charge in [0, 0.05) is 38.8 Å². The Bertz CT molecular complexity index is 801. The van der Waals surface area contributed by atoms with E-state index in [1.807, 2.05) is 18.2 Å². The van der Waals surface area contributed by atoms with Crippen LogP contribution in [0, 0.1) is 0 Å². The second-order valence-corrected chi connectivity index (χ2v) is 8.64. The van der Waals surface area contributed by atoms with Gasteiger partial charge in [0.1, 0.15) is 0 Å². The number of aryl methyl sites for hydroxylation is 1. The molecule has 1 aliphatic rings. The highest BCUT2D eigenvalue weighted by Gasteiger charge is 2.39. The van der Waals surface area contributed by atoms with Crippen molar-refractivity contribution in [1.82, 2.24) is 24.2 Å². The molecule has 0 bridgehead atoms. The first-order valence-electron chi connectivity index (χ1n) is 7.94. The van der Waals surface area contributed by atoms with E-state index in [1.54, 1.807) is 7.05 Å². The minimum Gasteiger partial charge on any atom is -0.291 e. The van der Waals surface area contributed by atoms with Crippen LogP contribution >= 0.6 is 0 Å². The highest BCUT2D eigenvalue weighted by Crippen LogP contribution is 2.27. The third-order valence-electron chi connectivity index (χ3n) is 4.53. The fourth-order valence-corrected chi connectivity index (χ4v) is 4.72. The minimum absolute atomic E-state index is 0.134. The summed E-state index contributed by atoms with van der Waals surface area (Å²) in [7, 11) is -1.98. The zero-order chi connectivity index (χ0) is 17.4. The molecule has 0 aliphatic carbocycles. The van der Waals surface area contributed by atoms with Crippen molar-refractivity contribution in [1.29, 1.82) is 0 Å². The molecule has 1 fully saturated rings. The molecular formula is C16H23N5O2S. The Hall–Kier alpha value is -1.77. The number of hydrogen-bond acceptors (Lipinski definition) is 5. The average Bonchev–Trinajstić information content (AvgIpc) is 2.97. The Kier molecular flexibility index (Phi) is 4.46. The van der Waals surface area contributed by atoms with Crippen LogP contribution in [0.1, 0.15) is 19.4 Å². The van der Waals surface area contributed by atoms with E-state index in [0.717, 1.165) is 6.54 Å². The lowest BCUT2D eigenvalue weighted by Gasteiger charge is -2.46. The van der Waals surface area contributed by atoms with Crippen molar-refractivity contribution in [3.05, 3.63) is 42.1 Å². The van der Waals surface area contributed by atoms with Crippen LogP contribution in [0.25, 0.3) is 0 Å². The van der Waals surface area contributed by atoms with Crippen molar-refractivity contribution in [2.45, 2.75) is 31.0 Å². The van der Waals surface area contributed by atoms with Crippen molar-refractivity contribution in [2.24, 2.45) is 7.05 Å². The van der Waals surface area contributed by atoms with Gasteiger partial charge in [-0.25, -0.2) is 13.1 Å². The molecular weight excluding hydrogens is 326 g/mol. The van der Waals surface area contributed by atoms with Crippen LogP contribution in [0.5, 0.6) is 0 Å².